The SMILES string of the molecule is O=C(NCCC(=O)N1CCCC(c2ccccc2)C1)c1ccccc1F. The quantitative estimate of drug-likeness (QED) is 0.895. The summed E-state index contributed by atoms with van der Waals surface area (Å²) in [6.07, 6.45) is 2.28. The predicted molar refractivity (Wildman–Crippen MR) is 98.3 cm³/mol. The lowest BCUT2D eigenvalue weighted by Crippen LogP contribution is -2.40. The summed E-state index contributed by atoms with van der Waals surface area (Å²) in [5.41, 5.74) is 1.26. The molecule has 0 aliphatic carbocycles. The third kappa shape index (κ3) is 4.48. The molecule has 1 aliphatic rings. The van der Waals surface area contributed by atoms with Crippen molar-refractivity contribution in [3.05, 3.63) is 71.5 Å². The summed E-state index contributed by atoms with van der Waals surface area (Å²) in [4.78, 5) is 26.3. The molecule has 3 rings (SSSR count). The number of nitrogens with zero attached hydrogens (tertiary/aromatic N) is 1. The Hall–Kier alpha value is -2.69. The van der Waals surface area contributed by atoms with Gasteiger partial charge in [-0.3, -0.25) is 9.59 Å². The van der Waals surface area contributed by atoms with E-state index >= 15 is 0 Å². The van der Waals surface area contributed by atoms with E-state index in [1.54, 1.807) is 6.07 Å². The Kier molecular flexibility index (Phi) is 6.00. The van der Waals surface area contributed by atoms with E-state index in [1.807, 2.05) is 23.1 Å². The monoisotopic (exact) mass is 354 g/mol. The maximum Gasteiger partial charge on any atom is 0.254 e. The molecule has 1 atom stereocenters. The summed E-state index contributed by atoms with van der Waals surface area (Å²) in [5.74, 6) is -0.656. The molecule has 1 unspecified atom stereocenters. The van der Waals surface area contributed by atoms with Gasteiger partial charge in [-0.25, -0.2) is 4.39 Å². The molecule has 1 N–H and O–H groups in total. The third-order valence-corrected chi connectivity index (χ3v) is 4.79. The first kappa shape index (κ1) is 18.1. The van der Waals surface area contributed by atoms with Gasteiger partial charge in [0.25, 0.3) is 5.91 Å². The second-order valence-corrected chi connectivity index (χ2v) is 6.58. The summed E-state index contributed by atoms with van der Waals surface area (Å²) in [6.45, 7) is 1.67. The van der Waals surface area contributed by atoms with E-state index in [0.29, 0.717) is 12.5 Å². The predicted octanol–water partition coefficient (Wildman–Crippen LogP) is 3.35. The van der Waals surface area contributed by atoms with Crippen molar-refractivity contribution in [2.45, 2.75) is 25.2 Å². The summed E-state index contributed by atoms with van der Waals surface area (Å²) in [7, 11) is 0. The number of likely N-dealkylation sites (tertiary alicyclic amines) is 1. The van der Waals surface area contributed by atoms with E-state index in [9.17, 15) is 14.0 Å². The molecular formula is C21H23FN2O2. The highest BCUT2D eigenvalue weighted by Gasteiger charge is 2.24. The van der Waals surface area contributed by atoms with Crippen molar-refractivity contribution >= 4 is 11.8 Å². The van der Waals surface area contributed by atoms with E-state index in [-0.39, 0.29) is 24.4 Å². The number of amides is 2. The van der Waals surface area contributed by atoms with Gasteiger partial charge in [-0.1, -0.05) is 42.5 Å². The van der Waals surface area contributed by atoms with Crippen molar-refractivity contribution in [2.75, 3.05) is 19.6 Å². The zero-order valence-electron chi connectivity index (χ0n) is 14.7. The maximum atomic E-state index is 13.6. The number of rotatable bonds is 5. The first-order valence-corrected chi connectivity index (χ1v) is 9.00. The molecular weight excluding hydrogens is 331 g/mol. The van der Waals surface area contributed by atoms with E-state index in [4.69, 9.17) is 0 Å². The zero-order valence-corrected chi connectivity index (χ0v) is 14.7. The molecule has 0 aromatic heterocycles. The Morgan fingerprint density at radius 1 is 1.08 bits per heavy atom. The van der Waals surface area contributed by atoms with Crippen molar-refractivity contribution < 1.29 is 14.0 Å². The van der Waals surface area contributed by atoms with Gasteiger partial charge in [0.2, 0.25) is 5.91 Å². The number of carbonyl (C=O) groups is 2. The van der Waals surface area contributed by atoms with Gasteiger partial charge < -0.3 is 10.2 Å². The van der Waals surface area contributed by atoms with E-state index in [0.717, 1.165) is 19.4 Å². The van der Waals surface area contributed by atoms with Crippen LogP contribution in [-0.2, 0) is 4.79 Å². The van der Waals surface area contributed by atoms with Gasteiger partial charge in [0.15, 0.2) is 0 Å². The lowest BCUT2D eigenvalue weighted by molar-refractivity contribution is -0.132. The average Bonchev–Trinajstić information content (AvgIpc) is 2.69. The first-order valence-electron chi connectivity index (χ1n) is 9.00. The average molecular weight is 354 g/mol. The number of benzene rings is 2. The molecule has 1 aliphatic heterocycles. The van der Waals surface area contributed by atoms with Crippen LogP contribution >= 0.6 is 0 Å². The van der Waals surface area contributed by atoms with Crippen molar-refractivity contribution in [3.8, 4) is 0 Å². The minimum Gasteiger partial charge on any atom is -0.351 e. The Bertz CT molecular complexity index is 764. The molecule has 0 radical (unpaired) electrons. The van der Waals surface area contributed by atoms with Crippen molar-refractivity contribution in [3.63, 3.8) is 0 Å². The fourth-order valence-corrected chi connectivity index (χ4v) is 3.38. The Balaban J connectivity index is 1.49. The van der Waals surface area contributed by atoms with Crippen LogP contribution in [0.4, 0.5) is 4.39 Å². The maximum absolute atomic E-state index is 13.6. The topological polar surface area (TPSA) is 49.4 Å². The summed E-state index contributed by atoms with van der Waals surface area (Å²) in [6, 6.07) is 16.1. The van der Waals surface area contributed by atoms with Crippen LogP contribution in [0.1, 0.15) is 41.1 Å². The molecule has 1 heterocycles. The molecule has 0 saturated carbocycles. The largest absolute Gasteiger partial charge is 0.351 e. The summed E-state index contributed by atoms with van der Waals surface area (Å²) in [5, 5.41) is 2.63. The normalized spacial score (nSPS) is 17.0. The van der Waals surface area contributed by atoms with Crippen LogP contribution in [0.25, 0.3) is 0 Å². The second kappa shape index (κ2) is 8.61. The molecule has 0 spiro atoms. The highest BCUT2D eigenvalue weighted by Crippen LogP contribution is 2.26. The fraction of sp³-hybridized carbons (Fsp3) is 0.333. The minimum absolute atomic E-state index is 0.00191. The van der Waals surface area contributed by atoms with Crippen LogP contribution < -0.4 is 5.32 Å². The Labute approximate surface area is 153 Å². The molecule has 1 fully saturated rings. The molecule has 2 aromatic carbocycles. The summed E-state index contributed by atoms with van der Waals surface area (Å²) < 4.78 is 13.6. The lowest BCUT2D eigenvalue weighted by Gasteiger charge is -2.33. The van der Waals surface area contributed by atoms with E-state index in [1.165, 1.54) is 23.8 Å². The highest BCUT2D eigenvalue weighted by molar-refractivity contribution is 5.94. The Morgan fingerprint density at radius 2 is 1.81 bits per heavy atom. The van der Waals surface area contributed by atoms with Gasteiger partial charge in [-0.15, -0.1) is 0 Å². The Morgan fingerprint density at radius 3 is 2.58 bits per heavy atom. The number of nitrogens with one attached hydrogen (secondary N) is 1. The number of halogens is 1. The minimum atomic E-state index is -0.557. The van der Waals surface area contributed by atoms with Gasteiger partial charge in [0, 0.05) is 32.0 Å². The molecule has 4 nitrogen and oxygen atoms in total. The van der Waals surface area contributed by atoms with E-state index in [2.05, 4.69) is 17.4 Å². The van der Waals surface area contributed by atoms with Crippen LogP contribution in [0.2, 0.25) is 0 Å². The number of piperidine rings is 1. The first-order chi connectivity index (χ1) is 12.6. The number of hydrogen-bond donors (Lipinski definition) is 1. The number of hydrogen-bond acceptors (Lipinski definition) is 2. The molecule has 1 saturated heterocycles. The smallest absolute Gasteiger partial charge is 0.254 e. The van der Waals surface area contributed by atoms with E-state index < -0.39 is 11.7 Å². The standard InChI is InChI=1S/C21H23FN2O2/c22-19-11-5-4-10-18(19)21(26)23-13-12-20(25)24-14-6-9-17(15-24)16-7-2-1-3-8-16/h1-5,7-8,10-11,17H,6,9,12-15H2,(H,23,26). The highest BCUT2D eigenvalue weighted by atomic mass is 19.1. The van der Waals surface area contributed by atoms with Gasteiger partial charge >= 0.3 is 0 Å². The number of carbonyl (C=O) groups excluding carboxylic acids is 2. The van der Waals surface area contributed by atoms with Crippen LogP contribution in [0, 0.1) is 5.82 Å². The van der Waals surface area contributed by atoms with Crippen LogP contribution in [0.15, 0.2) is 54.6 Å². The van der Waals surface area contributed by atoms with Crippen LogP contribution in [-0.4, -0.2) is 36.3 Å². The molecule has 5 heteroatoms. The molecule has 2 amide bonds. The van der Waals surface area contributed by atoms with Gasteiger partial charge in [0.05, 0.1) is 5.56 Å². The zero-order chi connectivity index (χ0) is 18.4. The molecule has 0 bridgehead atoms. The summed E-state index contributed by atoms with van der Waals surface area (Å²) >= 11 is 0. The van der Waals surface area contributed by atoms with Gasteiger partial charge in [-0.2, -0.15) is 0 Å². The molecule has 136 valence electrons. The lowest BCUT2D eigenvalue weighted by atomic mass is 9.90. The second-order valence-electron chi connectivity index (χ2n) is 6.58. The third-order valence-electron chi connectivity index (χ3n) is 4.79. The van der Waals surface area contributed by atoms with Crippen molar-refractivity contribution in [1.29, 1.82) is 0 Å². The fourth-order valence-electron chi connectivity index (χ4n) is 3.38. The van der Waals surface area contributed by atoms with Crippen molar-refractivity contribution in [2.24, 2.45) is 0 Å². The van der Waals surface area contributed by atoms with Crippen molar-refractivity contribution in [1.82, 2.24) is 10.2 Å². The van der Waals surface area contributed by atoms with Crippen LogP contribution in [0.3, 0.4) is 0 Å². The molecule has 2 aromatic rings. The molecule has 26 heavy (non-hydrogen) atoms. The van der Waals surface area contributed by atoms with Gasteiger partial charge in [-0.05, 0) is 30.5 Å². The van der Waals surface area contributed by atoms with Gasteiger partial charge in [0.1, 0.15) is 5.82 Å². The van der Waals surface area contributed by atoms with Crippen LogP contribution in [0.5, 0.6) is 0 Å².